The number of hydrogen-bond acceptors (Lipinski definition) is 4. The maximum Gasteiger partial charge on any atom is 0.321 e. The van der Waals surface area contributed by atoms with E-state index < -0.39 is 17.8 Å². The Labute approximate surface area is 137 Å². The van der Waals surface area contributed by atoms with E-state index in [2.05, 4.69) is 36.0 Å². The Bertz CT molecular complexity index is 580. The minimum Gasteiger partial charge on any atom is -0.480 e. The van der Waals surface area contributed by atoms with Crippen LogP contribution in [0.2, 0.25) is 0 Å². The topological polar surface area (TPSA) is 103 Å². The number of nitrogens with zero attached hydrogens (tertiary/aromatic N) is 3. The highest BCUT2D eigenvalue weighted by atomic mass is 16.4. The van der Waals surface area contributed by atoms with Gasteiger partial charge in [-0.2, -0.15) is 10.4 Å². The number of carboxylic acids is 1. The van der Waals surface area contributed by atoms with Crippen LogP contribution in [0.25, 0.3) is 0 Å². The lowest BCUT2D eigenvalue weighted by Crippen LogP contribution is -2.33. The summed E-state index contributed by atoms with van der Waals surface area (Å²) in [6, 6.07) is 1.94. The molecular formula is C17H26N4O2. The first-order valence-electron chi connectivity index (χ1n) is 8.34. The first-order chi connectivity index (χ1) is 10.8. The van der Waals surface area contributed by atoms with Crippen molar-refractivity contribution in [2.24, 2.45) is 29.6 Å². The molecule has 0 radical (unpaired) electrons. The molecule has 1 aromatic rings. The van der Waals surface area contributed by atoms with Gasteiger partial charge in [-0.15, -0.1) is 0 Å². The van der Waals surface area contributed by atoms with Crippen molar-refractivity contribution in [1.82, 2.24) is 15.2 Å². The number of hydrogen-bond donors (Lipinski definition) is 2. The third-order valence-corrected chi connectivity index (χ3v) is 5.29. The number of H-pyrrole nitrogens is 1. The van der Waals surface area contributed by atoms with Crippen LogP contribution in [0.3, 0.4) is 0 Å². The number of rotatable bonds is 5. The molecule has 1 fully saturated rings. The number of carbonyl (C=O) groups is 1. The number of nitriles is 1. The molecule has 0 aliphatic heterocycles. The van der Waals surface area contributed by atoms with E-state index in [0.29, 0.717) is 41.7 Å². The summed E-state index contributed by atoms with van der Waals surface area (Å²) in [7, 11) is 0. The number of aromatic nitrogens is 3. The molecule has 1 saturated carbocycles. The van der Waals surface area contributed by atoms with Gasteiger partial charge in [0.15, 0.2) is 11.7 Å². The molecule has 1 aliphatic carbocycles. The van der Waals surface area contributed by atoms with Gasteiger partial charge in [-0.05, 0) is 49.9 Å². The third-order valence-electron chi connectivity index (χ3n) is 5.29. The summed E-state index contributed by atoms with van der Waals surface area (Å²) in [5, 5.41) is 25.7. The summed E-state index contributed by atoms with van der Waals surface area (Å²) in [4.78, 5) is 15.8. The standard InChI is InChI=1S/C17H26N4O2/c1-9-5-10(2)13(11(3)6-9)7-14(15(8-18)17(22)23)16-19-12(4)20-21-16/h9-11,13-15H,5-7H2,1-4H3,(H,22,23)(H,19,20,21). The van der Waals surface area contributed by atoms with Crippen LogP contribution in [0, 0.1) is 47.8 Å². The van der Waals surface area contributed by atoms with E-state index in [1.165, 1.54) is 0 Å². The van der Waals surface area contributed by atoms with E-state index in [-0.39, 0.29) is 0 Å². The van der Waals surface area contributed by atoms with E-state index in [9.17, 15) is 15.2 Å². The molecule has 0 bridgehead atoms. The fourth-order valence-electron chi connectivity index (χ4n) is 4.27. The molecule has 126 valence electrons. The van der Waals surface area contributed by atoms with Gasteiger partial charge in [0.25, 0.3) is 0 Å². The minimum atomic E-state index is -1.11. The minimum absolute atomic E-state index is 0.394. The van der Waals surface area contributed by atoms with E-state index in [4.69, 9.17) is 0 Å². The second kappa shape index (κ2) is 7.12. The van der Waals surface area contributed by atoms with Gasteiger partial charge in [-0.1, -0.05) is 20.8 Å². The molecule has 6 nitrogen and oxygen atoms in total. The summed E-state index contributed by atoms with van der Waals surface area (Å²) in [6.07, 6.45) is 2.95. The van der Waals surface area contributed by atoms with Crippen LogP contribution >= 0.6 is 0 Å². The summed E-state index contributed by atoms with van der Waals surface area (Å²) in [5.41, 5.74) is 0. The van der Waals surface area contributed by atoms with E-state index >= 15 is 0 Å². The highest BCUT2D eigenvalue weighted by Crippen LogP contribution is 2.43. The molecule has 1 heterocycles. The summed E-state index contributed by atoms with van der Waals surface area (Å²) < 4.78 is 0. The highest BCUT2D eigenvalue weighted by Gasteiger charge is 2.39. The Balaban J connectivity index is 2.27. The lowest BCUT2D eigenvalue weighted by atomic mass is 9.65. The predicted molar refractivity (Wildman–Crippen MR) is 85.4 cm³/mol. The van der Waals surface area contributed by atoms with Crippen LogP contribution in [0.4, 0.5) is 0 Å². The smallest absolute Gasteiger partial charge is 0.321 e. The van der Waals surface area contributed by atoms with E-state index in [1.807, 2.05) is 6.07 Å². The fourth-order valence-corrected chi connectivity index (χ4v) is 4.27. The van der Waals surface area contributed by atoms with Gasteiger partial charge >= 0.3 is 5.97 Å². The molecule has 23 heavy (non-hydrogen) atoms. The molecule has 4 atom stereocenters. The maximum atomic E-state index is 11.5. The van der Waals surface area contributed by atoms with Crippen molar-refractivity contribution in [2.75, 3.05) is 0 Å². The van der Waals surface area contributed by atoms with Crippen LogP contribution in [0.5, 0.6) is 0 Å². The van der Waals surface area contributed by atoms with Crippen LogP contribution in [-0.4, -0.2) is 26.3 Å². The summed E-state index contributed by atoms with van der Waals surface area (Å²) in [6.45, 7) is 8.52. The number of aliphatic carboxylic acids is 1. The Kier molecular flexibility index (Phi) is 5.40. The molecular weight excluding hydrogens is 292 g/mol. The lowest BCUT2D eigenvalue weighted by molar-refractivity contribution is -0.140. The highest BCUT2D eigenvalue weighted by molar-refractivity contribution is 5.74. The maximum absolute atomic E-state index is 11.5. The Hall–Kier alpha value is -1.90. The Morgan fingerprint density at radius 1 is 1.39 bits per heavy atom. The molecule has 0 spiro atoms. The van der Waals surface area contributed by atoms with Crippen molar-refractivity contribution in [3.8, 4) is 6.07 Å². The summed E-state index contributed by atoms with van der Waals surface area (Å²) in [5.74, 6) is 0.560. The molecule has 2 N–H and O–H groups in total. The van der Waals surface area contributed by atoms with Gasteiger partial charge in [0, 0.05) is 5.92 Å². The van der Waals surface area contributed by atoms with Gasteiger partial charge in [0.05, 0.1) is 6.07 Å². The van der Waals surface area contributed by atoms with Crippen molar-refractivity contribution in [3.63, 3.8) is 0 Å². The molecule has 0 saturated heterocycles. The third kappa shape index (κ3) is 3.90. The average molecular weight is 318 g/mol. The first kappa shape index (κ1) is 17.5. The second-order valence-corrected chi connectivity index (χ2v) is 7.26. The number of nitrogens with one attached hydrogen (secondary N) is 1. The normalized spacial score (nSPS) is 30.4. The van der Waals surface area contributed by atoms with Crippen molar-refractivity contribution in [1.29, 1.82) is 5.26 Å². The van der Waals surface area contributed by atoms with Gasteiger partial charge in [0.2, 0.25) is 0 Å². The number of aryl methyl sites for hydroxylation is 1. The largest absolute Gasteiger partial charge is 0.480 e. The van der Waals surface area contributed by atoms with Crippen molar-refractivity contribution in [2.45, 2.75) is 52.9 Å². The van der Waals surface area contributed by atoms with Crippen LogP contribution < -0.4 is 0 Å². The van der Waals surface area contributed by atoms with Crippen LogP contribution in [0.1, 0.15) is 57.6 Å². The number of aromatic amines is 1. The Morgan fingerprint density at radius 3 is 2.43 bits per heavy atom. The zero-order valence-corrected chi connectivity index (χ0v) is 14.3. The van der Waals surface area contributed by atoms with Crippen molar-refractivity contribution in [3.05, 3.63) is 11.6 Å². The summed E-state index contributed by atoms with van der Waals surface area (Å²) >= 11 is 0. The first-order valence-corrected chi connectivity index (χ1v) is 8.34. The molecule has 1 aliphatic rings. The number of carboxylic acid groups (broad SMARTS) is 1. The molecule has 2 rings (SSSR count). The van der Waals surface area contributed by atoms with Gasteiger partial charge < -0.3 is 5.11 Å². The van der Waals surface area contributed by atoms with Crippen molar-refractivity contribution >= 4 is 5.97 Å². The molecule has 0 amide bonds. The quantitative estimate of drug-likeness (QED) is 0.868. The van der Waals surface area contributed by atoms with Crippen LogP contribution in [0.15, 0.2) is 0 Å². The van der Waals surface area contributed by atoms with Crippen molar-refractivity contribution < 1.29 is 9.90 Å². The molecule has 0 aromatic carbocycles. The SMILES string of the molecule is Cc1nc(C(CC2C(C)CC(C)CC2C)C(C#N)C(=O)O)n[nH]1. The van der Waals surface area contributed by atoms with Gasteiger partial charge in [0.1, 0.15) is 5.82 Å². The Morgan fingerprint density at radius 2 is 2.00 bits per heavy atom. The predicted octanol–water partition coefficient (Wildman–Crippen LogP) is 3.13. The molecule has 6 heteroatoms. The van der Waals surface area contributed by atoms with Gasteiger partial charge in [-0.3, -0.25) is 9.89 Å². The zero-order valence-electron chi connectivity index (χ0n) is 14.3. The average Bonchev–Trinajstić information content (AvgIpc) is 2.87. The fraction of sp³-hybridized carbons (Fsp3) is 0.765. The second-order valence-electron chi connectivity index (χ2n) is 7.26. The van der Waals surface area contributed by atoms with Crippen LogP contribution in [-0.2, 0) is 4.79 Å². The lowest BCUT2D eigenvalue weighted by Gasteiger charge is -2.39. The molecule has 4 unspecified atom stereocenters. The molecule has 1 aromatic heterocycles. The monoisotopic (exact) mass is 318 g/mol. The van der Waals surface area contributed by atoms with E-state index in [0.717, 1.165) is 12.8 Å². The zero-order chi connectivity index (χ0) is 17.1. The van der Waals surface area contributed by atoms with E-state index in [1.54, 1.807) is 6.92 Å². The van der Waals surface area contributed by atoms with Gasteiger partial charge in [-0.25, -0.2) is 4.98 Å².